The van der Waals surface area contributed by atoms with E-state index < -0.39 is 24.0 Å². The van der Waals surface area contributed by atoms with Gasteiger partial charge in [0.25, 0.3) is 0 Å². The van der Waals surface area contributed by atoms with Crippen LogP contribution in [0.25, 0.3) is 0 Å². The molecule has 0 spiro atoms. The van der Waals surface area contributed by atoms with Crippen molar-refractivity contribution in [1.29, 1.82) is 0 Å². The van der Waals surface area contributed by atoms with Crippen LogP contribution < -0.4 is 10.6 Å². The number of urea groups is 1. The molecule has 0 saturated carbocycles. The highest BCUT2D eigenvalue weighted by Crippen LogP contribution is 2.16. The molecule has 120 valence electrons. The Morgan fingerprint density at radius 3 is 2.62 bits per heavy atom. The van der Waals surface area contributed by atoms with Crippen LogP contribution in [-0.4, -0.2) is 65.8 Å². The van der Waals surface area contributed by atoms with Crippen molar-refractivity contribution in [3.8, 4) is 0 Å². The number of aliphatic carboxylic acids is 2. The van der Waals surface area contributed by atoms with Gasteiger partial charge in [-0.3, -0.25) is 4.79 Å². The monoisotopic (exact) mass is 301 g/mol. The van der Waals surface area contributed by atoms with Gasteiger partial charge in [-0.2, -0.15) is 0 Å². The maximum Gasteiger partial charge on any atom is 0.326 e. The Hall–Kier alpha value is -1.83. The molecule has 0 aromatic carbocycles. The largest absolute Gasteiger partial charge is 0.481 e. The molecule has 8 heteroatoms. The third-order valence-corrected chi connectivity index (χ3v) is 3.54. The molecule has 21 heavy (non-hydrogen) atoms. The Labute approximate surface area is 123 Å². The number of rotatable bonds is 7. The molecule has 0 bridgehead atoms. The van der Waals surface area contributed by atoms with Gasteiger partial charge < -0.3 is 25.7 Å². The highest BCUT2D eigenvalue weighted by molar-refractivity contribution is 5.83. The van der Waals surface area contributed by atoms with Crippen LogP contribution in [0.2, 0.25) is 0 Å². The average Bonchev–Trinajstić information content (AvgIpc) is 2.43. The van der Waals surface area contributed by atoms with Crippen molar-refractivity contribution in [1.82, 2.24) is 15.5 Å². The van der Waals surface area contributed by atoms with Crippen molar-refractivity contribution >= 4 is 18.0 Å². The normalized spacial score (nSPS) is 19.9. The van der Waals surface area contributed by atoms with Gasteiger partial charge in [-0.05, 0) is 38.8 Å². The lowest BCUT2D eigenvalue weighted by Gasteiger charge is -2.33. The summed E-state index contributed by atoms with van der Waals surface area (Å²) in [6.45, 7) is 1.99. The second-order valence-electron chi connectivity index (χ2n) is 5.28. The maximum absolute atomic E-state index is 12.1. The highest BCUT2D eigenvalue weighted by Gasteiger charge is 2.27. The van der Waals surface area contributed by atoms with Gasteiger partial charge >= 0.3 is 18.0 Å². The lowest BCUT2D eigenvalue weighted by atomic mass is 9.98. The maximum atomic E-state index is 12.1. The van der Waals surface area contributed by atoms with E-state index in [2.05, 4.69) is 10.6 Å². The Balaban J connectivity index is 2.52. The molecule has 0 aromatic rings. The number of likely N-dealkylation sites (tertiary alicyclic amines) is 1. The number of carboxylic acid groups (broad SMARTS) is 2. The zero-order chi connectivity index (χ0) is 15.8. The van der Waals surface area contributed by atoms with Crippen molar-refractivity contribution in [2.75, 3.05) is 26.7 Å². The van der Waals surface area contributed by atoms with Gasteiger partial charge in [-0.1, -0.05) is 0 Å². The summed E-state index contributed by atoms with van der Waals surface area (Å²) < 4.78 is 0. The number of carbonyl (C=O) groups is 3. The summed E-state index contributed by atoms with van der Waals surface area (Å²) in [4.78, 5) is 35.3. The Bertz CT molecular complexity index is 386. The Morgan fingerprint density at radius 1 is 1.33 bits per heavy atom. The molecule has 8 nitrogen and oxygen atoms in total. The van der Waals surface area contributed by atoms with Crippen LogP contribution in [0.5, 0.6) is 0 Å². The standard InChI is InChI=1S/C13H23N3O5/c1-14-7-9-3-2-6-16(8-9)13(21)15-10(12(19)20)4-5-11(17)18/h9-10,14H,2-8H2,1H3,(H,15,21)(H,17,18)(H,19,20). The van der Waals surface area contributed by atoms with Gasteiger partial charge in [0, 0.05) is 19.5 Å². The quantitative estimate of drug-likeness (QED) is 0.523. The lowest BCUT2D eigenvalue weighted by molar-refractivity contribution is -0.140. The molecule has 2 amide bonds. The molecule has 1 heterocycles. The number of carbonyl (C=O) groups excluding carboxylic acids is 1. The Morgan fingerprint density at radius 2 is 2.05 bits per heavy atom. The van der Waals surface area contributed by atoms with E-state index in [4.69, 9.17) is 10.2 Å². The van der Waals surface area contributed by atoms with Crippen molar-refractivity contribution in [2.45, 2.75) is 31.7 Å². The summed E-state index contributed by atoms with van der Waals surface area (Å²) in [5.74, 6) is -1.94. The molecule has 4 N–H and O–H groups in total. The van der Waals surface area contributed by atoms with Crippen molar-refractivity contribution < 1.29 is 24.6 Å². The van der Waals surface area contributed by atoms with E-state index in [0.29, 0.717) is 19.0 Å². The second kappa shape index (κ2) is 8.46. The van der Waals surface area contributed by atoms with Crippen LogP contribution in [0.15, 0.2) is 0 Å². The number of hydrogen-bond acceptors (Lipinski definition) is 4. The number of nitrogens with one attached hydrogen (secondary N) is 2. The number of carboxylic acids is 2. The van der Waals surface area contributed by atoms with E-state index in [1.54, 1.807) is 4.90 Å². The van der Waals surface area contributed by atoms with Gasteiger partial charge in [0.15, 0.2) is 0 Å². The average molecular weight is 301 g/mol. The summed E-state index contributed by atoms with van der Waals surface area (Å²) in [6.07, 6.45) is 1.50. The number of nitrogens with zero attached hydrogens (tertiary/aromatic N) is 1. The number of hydrogen-bond donors (Lipinski definition) is 4. The van der Waals surface area contributed by atoms with E-state index in [9.17, 15) is 14.4 Å². The van der Waals surface area contributed by atoms with Gasteiger partial charge in [0.05, 0.1) is 0 Å². The molecule has 1 fully saturated rings. The molecule has 2 atom stereocenters. The van der Waals surface area contributed by atoms with Crippen molar-refractivity contribution in [2.24, 2.45) is 5.92 Å². The molecule has 2 unspecified atom stereocenters. The molecule has 1 aliphatic rings. The Kier molecular flexibility index (Phi) is 6.93. The summed E-state index contributed by atoms with van der Waals surface area (Å²) in [5.41, 5.74) is 0. The van der Waals surface area contributed by atoms with E-state index >= 15 is 0 Å². The zero-order valence-corrected chi connectivity index (χ0v) is 12.2. The fourth-order valence-corrected chi connectivity index (χ4v) is 2.47. The topological polar surface area (TPSA) is 119 Å². The van der Waals surface area contributed by atoms with E-state index in [0.717, 1.165) is 19.4 Å². The summed E-state index contributed by atoms with van der Waals surface area (Å²) in [5, 5.41) is 23.1. The third-order valence-electron chi connectivity index (χ3n) is 3.54. The van der Waals surface area contributed by atoms with Gasteiger partial charge in [-0.15, -0.1) is 0 Å². The minimum Gasteiger partial charge on any atom is -0.481 e. The smallest absolute Gasteiger partial charge is 0.326 e. The minimum atomic E-state index is -1.21. The van der Waals surface area contributed by atoms with Crippen molar-refractivity contribution in [3.63, 3.8) is 0 Å². The zero-order valence-electron chi connectivity index (χ0n) is 12.2. The lowest BCUT2D eigenvalue weighted by Crippen LogP contribution is -2.51. The summed E-state index contributed by atoms with van der Waals surface area (Å²) >= 11 is 0. The second-order valence-corrected chi connectivity index (χ2v) is 5.28. The summed E-state index contributed by atoms with van der Waals surface area (Å²) in [7, 11) is 1.85. The van der Waals surface area contributed by atoms with Crippen LogP contribution in [0.3, 0.4) is 0 Å². The first kappa shape index (κ1) is 17.2. The molecule has 1 rings (SSSR count). The van der Waals surface area contributed by atoms with Crippen LogP contribution in [-0.2, 0) is 9.59 Å². The molecule has 1 saturated heterocycles. The van der Waals surface area contributed by atoms with E-state index in [1.807, 2.05) is 7.05 Å². The van der Waals surface area contributed by atoms with E-state index in [-0.39, 0.29) is 12.8 Å². The van der Waals surface area contributed by atoms with Gasteiger partial charge in [0.2, 0.25) is 0 Å². The SMILES string of the molecule is CNCC1CCCN(C(=O)NC(CCC(=O)O)C(=O)O)C1. The molecular weight excluding hydrogens is 278 g/mol. The fourth-order valence-electron chi connectivity index (χ4n) is 2.47. The molecule has 0 aromatic heterocycles. The first-order chi connectivity index (χ1) is 9.93. The number of piperidine rings is 1. The van der Waals surface area contributed by atoms with Gasteiger partial charge in [0.1, 0.15) is 6.04 Å². The fraction of sp³-hybridized carbons (Fsp3) is 0.769. The molecule has 1 aliphatic heterocycles. The first-order valence-electron chi connectivity index (χ1n) is 7.08. The predicted molar refractivity (Wildman–Crippen MR) is 75.0 cm³/mol. The van der Waals surface area contributed by atoms with Crippen molar-refractivity contribution in [3.05, 3.63) is 0 Å². The van der Waals surface area contributed by atoms with Crippen LogP contribution in [0.4, 0.5) is 4.79 Å². The predicted octanol–water partition coefficient (Wildman–Crippen LogP) is -0.0546. The first-order valence-corrected chi connectivity index (χ1v) is 7.08. The van der Waals surface area contributed by atoms with Crippen LogP contribution in [0.1, 0.15) is 25.7 Å². The third kappa shape index (κ3) is 5.99. The molecule has 0 radical (unpaired) electrons. The van der Waals surface area contributed by atoms with Crippen LogP contribution >= 0.6 is 0 Å². The molecule has 0 aliphatic carbocycles. The summed E-state index contributed by atoms with van der Waals surface area (Å²) in [6, 6.07) is -1.60. The van der Waals surface area contributed by atoms with E-state index in [1.165, 1.54) is 0 Å². The number of amides is 2. The van der Waals surface area contributed by atoms with Crippen LogP contribution in [0, 0.1) is 5.92 Å². The molecular formula is C13H23N3O5. The minimum absolute atomic E-state index is 0.121. The van der Waals surface area contributed by atoms with Gasteiger partial charge in [-0.25, -0.2) is 9.59 Å². The highest BCUT2D eigenvalue weighted by atomic mass is 16.4.